The molecule has 2 amide bonds. The molecule has 0 aliphatic heterocycles. The van der Waals surface area contributed by atoms with Gasteiger partial charge in [-0.05, 0) is 43.7 Å². The summed E-state index contributed by atoms with van der Waals surface area (Å²) in [6, 6.07) is 10.4. The smallest absolute Gasteiger partial charge is 0.278 e. The zero-order chi connectivity index (χ0) is 22.5. The van der Waals surface area contributed by atoms with Crippen LogP contribution in [0.4, 0.5) is 11.4 Å². The van der Waals surface area contributed by atoms with E-state index in [1.807, 2.05) is 13.0 Å². The SMILES string of the molecule is COc1ccc(OC)c(NC(=O)Cn2nnc(C(=O)Nc3ccc(C)cc3Cl)c2C)c1. The van der Waals surface area contributed by atoms with Crippen LogP contribution in [0.25, 0.3) is 0 Å². The Hall–Kier alpha value is -3.59. The van der Waals surface area contributed by atoms with Gasteiger partial charge >= 0.3 is 0 Å². The molecule has 9 nitrogen and oxygen atoms in total. The molecule has 3 rings (SSSR count). The first-order chi connectivity index (χ1) is 14.8. The molecule has 2 N–H and O–H groups in total. The fourth-order valence-electron chi connectivity index (χ4n) is 2.86. The standard InChI is InChI=1S/C21H22ClN5O4/c1-12-5-7-16(15(22)9-12)24-21(29)20-13(2)27(26-25-20)11-19(28)23-17-10-14(30-3)6-8-18(17)31-4/h5-10H,11H2,1-4H3,(H,23,28)(H,24,29). The first-order valence-electron chi connectivity index (χ1n) is 9.32. The number of carbonyl (C=O) groups excluding carboxylic acids is 2. The van der Waals surface area contributed by atoms with Crippen molar-refractivity contribution in [3.05, 3.63) is 58.4 Å². The van der Waals surface area contributed by atoms with E-state index in [0.29, 0.717) is 33.6 Å². The number of nitrogens with one attached hydrogen (secondary N) is 2. The number of ether oxygens (including phenoxy) is 2. The van der Waals surface area contributed by atoms with Gasteiger partial charge in [-0.15, -0.1) is 5.10 Å². The molecule has 0 aliphatic rings. The minimum Gasteiger partial charge on any atom is -0.497 e. The third kappa shape index (κ3) is 5.13. The Labute approximate surface area is 184 Å². The minimum atomic E-state index is -0.468. The maximum atomic E-state index is 12.6. The van der Waals surface area contributed by atoms with Crippen molar-refractivity contribution in [2.45, 2.75) is 20.4 Å². The molecular weight excluding hydrogens is 422 g/mol. The average molecular weight is 444 g/mol. The lowest BCUT2D eigenvalue weighted by Crippen LogP contribution is -2.21. The van der Waals surface area contributed by atoms with E-state index in [-0.39, 0.29) is 18.1 Å². The number of benzene rings is 2. The topological polar surface area (TPSA) is 107 Å². The van der Waals surface area contributed by atoms with Crippen LogP contribution in [0.5, 0.6) is 11.5 Å². The number of nitrogens with zero attached hydrogens (tertiary/aromatic N) is 3. The highest BCUT2D eigenvalue weighted by Gasteiger charge is 2.19. The number of aryl methyl sites for hydroxylation is 1. The Morgan fingerprint density at radius 2 is 1.81 bits per heavy atom. The zero-order valence-electron chi connectivity index (χ0n) is 17.5. The molecule has 31 heavy (non-hydrogen) atoms. The van der Waals surface area contributed by atoms with Crippen molar-refractivity contribution >= 4 is 34.8 Å². The molecule has 0 bridgehead atoms. The molecule has 1 heterocycles. The number of hydrogen-bond donors (Lipinski definition) is 2. The molecular formula is C21H22ClN5O4. The molecule has 0 radical (unpaired) electrons. The summed E-state index contributed by atoms with van der Waals surface area (Å²) >= 11 is 6.17. The molecule has 0 aliphatic carbocycles. The van der Waals surface area contributed by atoms with Gasteiger partial charge in [0.1, 0.15) is 18.0 Å². The quantitative estimate of drug-likeness (QED) is 0.579. The maximum Gasteiger partial charge on any atom is 0.278 e. The summed E-state index contributed by atoms with van der Waals surface area (Å²) in [5.74, 6) is 0.221. The fourth-order valence-corrected chi connectivity index (χ4v) is 3.14. The summed E-state index contributed by atoms with van der Waals surface area (Å²) in [6.45, 7) is 3.42. The van der Waals surface area contributed by atoms with Gasteiger partial charge in [-0.25, -0.2) is 4.68 Å². The first kappa shape index (κ1) is 22.1. The van der Waals surface area contributed by atoms with Crippen molar-refractivity contribution in [2.75, 3.05) is 24.9 Å². The normalized spacial score (nSPS) is 10.5. The largest absolute Gasteiger partial charge is 0.497 e. The Bertz CT molecular complexity index is 1130. The summed E-state index contributed by atoms with van der Waals surface area (Å²) in [7, 11) is 3.03. The van der Waals surface area contributed by atoms with Gasteiger partial charge in [-0.3, -0.25) is 9.59 Å². The highest BCUT2D eigenvalue weighted by atomic mass is 35.5. The molecule has 3 aromatic rings. The molecule has 0 fully saturated rings. The summed E-state index contributed by atoms with van der Waals surface area (Å²) in [5, 5.41) is 13.7. The summed E-state index contributed by atoms with van der Waals surface area (Å²) in [6.07, 6.45) is 0. The highest BCUT2D eigenvalue weighted by molar-refractivity contribution is 6.34. The van der Waals surface area contributed by atoms with E-state index < -0.39 is 5.91 Å². The van der Waals surface area contributed by atoms with Crippen LogP contribution in [-0.2, 0) is 11.3 Å². The number of amides is 2. The minimum absolute atomic E-state index is 0.100. The van der Waals surface area contributed by atoms with Crippen LogP contribution < -0.4 is 20.1 Å². The Morgan fingerprint density at radius 3 is 2.48 bits per heavy atom. The van der Waals surface area contributed by atoms with E-state index in [0.717, 1.165) is 5.56 Å². The number of halogens is 1. The number of aromatic nitrogens is 3. The lowest BCUT2D eigenvalue weighted by molar-refractivity contribution is -0.117. The van der Waals surface area contributed by atoms with Crippen LogP contribution in [0.1, 0.15) is 21.7 Å². The molecule has 0 atom stereocenters. The van der Waals surface area contributed by atoms with E-state index in [1.54, 1.807) is 37.3 Å². The Morgan fingerprint density at radius 1 is 1.03 bits per heavy atom. The molecule has 10 heteroatoms. The molecule has 162 valence electrons. The van der Waals surface area contributed by atoms with Crippen LogP contribution >= 0.6 is 11.6 Å². The average Bonchev–Trinajstić information content (AvgIpc) is 3.10. The van der Waals surface area contributed by atoms with Gasteiger partial charge in [0.15, 0.2) is 5.69 Å². The predicted molar refractivity (Wildman–Crippen MR) is 117 cm³/mol. The van der Waals surface area contributed by atoms with E-state index in [9.17, 15) is 9.59 Å². The van der Waals surface area contributed by atoms with Gasteiger partial charge in [-0.1, -0.05) is 22.9 Å². The van der Waals surface area contributed by atoms with Crippen molar-refractivity contribution in [2.24, 2.45) is 0 Å². The van der Waals surface area contributed by atoms with Gasteiger partial charge in [-0.2, -0.15) is 0 Å². The Balaban J connectivity index is 1.71. The lowest BCUT2D eigenvalue weighted by atomic mass is 10.2. The maximum absolute atomic E-state index is 12.6. The molecule has 2 aromatic carbocycles. The lowest BCUT2D eigenvalue weighted by Gasteiger charge is -2.12. The van der Waals surface area contributed by atoms with Crippen molar-refractivity contribution in [3.63, 3.8) is 0 Å². The molecule has 1 aromatic heterocycles. The van der Waals surface area contributed by atoms with Crippen molar-refractivity contribution < 1.29 is 19.1 Å². The summed E-state index contributed by atoms with van der Waals surface area (Å²) in [4.78, 5) is 25.1. The van der Waals surface area contributed by atoms with Gasteiger partial charge < -0.3 is 20.1 Å². The van der Waals surface area contributed by atoms with Crippen LogP contribution in [0.3, 0.4) is 0 Å². The van der Waals surface area contributed by atoms with Crippen molar-refractivity contribution in [1.82, 2.24) is 15.0 Å². The highest BCUT2D eigenvalue weighted by Crippen LogP contribution is 2.29. The second-order valence-corrected chi connectivity index (χ2v) is 7.14. The number of methoxy groups -OCH3 is 2. The zero-order valence-corrected chi connectivity index (χ0v) is 18.3. The van der Waals surface area contributed by atoms with Gasteiger partial charge in [0, 0.05) is 6.07 Å². The van der Waals surface area contributed by atoms with Gasteiger partial charge in [0.25, 0.3) is 5.91 Å². The number of hydrogen-bond acceptors (Lipinski definition) is 6. The number of anilines is 2. The monoisotopic (exact) mass is 443 g/mol. The fraction of sp³-hybridized carbons (Fsp3) is 0.238. The second-order valence-electron chi connectivity index (χ2n) is 6.73. The Kier molecular flexibility index (Phi) is 6.76. The van der Waals surface area contributed by atoms with Gasteiger partial charge in [0.2, 0.25) is 5.91 Å². The van der Waals surface area contributed by atoms with Crippen LogP contribution in [0.15, 0.2) is 36.4 Å². The first-order valence-corrected chi connectivity index (χ1v) is 9.69. The van der Waals surface area contributed by atoms with Crippen LogP contribution in [0.2, 0.25) is 5.02 Å². The molecule has 0 spiro atoms. The summed E-state index contributed by atoms with van der Waals surface area (Å²) in [5.41, 5.74) is 2.44. The van der Waals surface area contributed by atoms with Crippen molar-refractivity contribution in [1.29, 1.82) is 0 Å². The van der Waals surface area contributed by atoms with Crippen molar-refractivity contribution in [3.8, 4) is 11.5 Å². The van der Waals surface area contributed by atoms with E-state index in [4.69, 9.17) is 21.1 Å². The third-order valence-corrected chi connectivity index (χ3v) is 4.86. The number of rotatable bonds is 7. The van der Waals surface area contributed by atoms with E-state index >= 15 is 0 Å². The van der Waals surface area contributed by atoms with Crippen LogP contribution in [0, 0.1) is 13.8 Å². The van der Waals surface area contributed by atoms with E-state index in [2.05, 4.69) is 20.9 Å². The number of carbonyl (C=O) groups is 2. The molecule has 0 saturated heterocycles. The second kappa shape index (κ2) is 9.48. The van der Waals surface area contributed by atoms with Crippen LogP contribution in [-0.4, -0.2) is 41.0 Å². The third-order valence-electron chi connectivity index (χ3n) is 4.54. The summed E-state index contributed by atoms with van der Waals surface area (Å²) < 4.78 is 11.8. The van der Waals surface area contributed by atoms with Gasteiger partial charge in [0.05, 0.1) is 36.3 Å². The molecule has 0 unspecified atom stereocenters. The predicted octanol–water partition coefficient (Wildman–Crippen LogP) is 3.46. The molecule has 0 saturated carbocycles. The van der Waals surface area contributed by atoms with E-state index in [1.165, 1.54) is 18.9 Å².